The van der Waals surface area contributed by atoms with Gasteiger partial charge in [0.2, 0.25) is 10.0 Å². The summed E-state index contributed by atoms with van der Waals surface area (Å²) in [6.07, 6.45) is 1.74. The third-order valence-electron chi connectivity index (χ3n) is 5.31. The smallest absolute Gasteiger partial charge is 0.341 e. The molecule has 10 heteroatoms. The van der Waals surface area contributed by atoms with E-state index >= 15 is 0 Å². The number of carboxylic acid groups (broad SMARTS) is 1. The molecule has 3 aromatic carbocycles. The van der Waals surface area contributed by atoms with Gasteiger partial charge >= 0.3 is 5.97 Å². The number of methoxy groups -OCH3 is 1. The minimum absolute atomic E-state index is 0.0624. The lowest BCUT2D eigenvalue weighted by Crippen LogP contribution is -2.30. The Balaban J connectivity index is 1.63. The van der Waals surface area contributed by atoms with Crippen LogP contribution >= 0.6 is 11.3 Å². The first-order valence-electron chi connectivity index (χ1n) is 10.9. The van der Waals surface area contributed by atoms with Crippen LogP contribution < -0.4 is 9.47 Å². The van der Waals surface area contributed by atoms with Crippen LogP contribution in [0.4, 0.5) is 0 Å². The van der Waals surface area contributed by atoms with Crippen LogP contribution in [0.2, 0.25) is 0 Å². The third kappa shape index (κ3) is 6.28. The largest absolute Gasteiger partial charge is 0.497 e. The van der Waals surface area contributed by atoms with Crippen LogP contribution in [0.15, 0.2) is 89.3 Å². The Bertz CT molecular complexity index is 1400. The Morgan fingerprint density at radius 1 is 0.972 bits per heavy atom. The first-order valence-corrected chi connectivity index (χ1v) is 13.2. The molecule has 1 aromatic heterocycles. The first kappa shape index (κ1) is 25.4. The molecule has 0 aliphatic heterocycles. The monoisotopic (exact) mass is 524 g/mol. The number of benzene rings is 3. The van der Waals surface area contributed by atoms with E-state index in [1.807, 2.05) is 29.6 Å². The number of hydrogen-bond donors (Lipinski definition) is 1. The van der Waals surface area contributed by atoms with E-state index < -0.39 is 22.6 Å². The molecule has 0 amide bonds. The summed E-state index contributed by atoms with van der Waals surface area (Å²) in [6.45, 7) is -0.289. The van der Waals surface area contributed by atoms with Crippen molar-refractivity contribution < 1.29 is 27.8 Å². The summed E-state index contributed by atoms with van der Waals surface area (Å²) in [6, 6.07) is 20.6. The predicted octanol–water partition coefficient (Wildman–Crippen LogP) is 4.67. The SMILES string of the molecule is COc1ccc(S(=O)(=O)N(Cc2ccc(-c3nccs3)cc2)Cc2cccc(OCC(=O)O)c2)cc1. The summed E-state index contributed by atoms with van der Waals surface area (Å²) >= 11 is 1.53. The van der Waals surface area contributed by atoms with Gasteiger partial charge in [-0.05, 0) is 47.5 Å². The number of sulfonamides is 1. The van der Waals surface area contributed by atoms with Crippen molar-refractivity contribution in [2.24, 2.45) is 0 Å². The van der Waals surface area contributed by atoms with Crippen molar-refractivity contribution in [3.8, 4) is 22.1 Å². The second kappa shape index (κ2) is 11.3. The van der Waals surface area contributed by atoms with Gasteiger partial charge in [-0.3, -0.25) is 0 Å². The highest BCUT2D eigenvalue weighted by molar-refractivity contribution is 7.89. The molecule has 186 valence electrons. The van der Waals surface area contributed by atoms with Gasteiger partial charge in [-0.25, -0.2) is 18.2 Å². The van der Waals surface area contributed by atoms with Gasteiger partial charge < -0.3 is 14.6 Å². The second-order valence-corrected chi connectivity index (χ2v) is 10.6. The van der Waals surface area contributed by atoms with Gasteiger partial charge in [-0.15, -0.1) is 11.3 Å². The molecule has 0 atom stereocenters. The Kier molecular flexibility index (Phi) is 7.99. The Labute approximate surface area is 213 Å². The molecule has 0 radical (unpaired) electrons. The average Bonchev–Trinajstić information content (AvgIpc) is 3.43. The predicted molar refractivity (Wildman–Crippen MR) is 137 cm³/mol. The van der Waals surface area contributed by atoms with E-state index in [0.29, 0.717) is 17.1 Å². The van der Waals surface area contributed by atoms with E-state index in [1.165, 1.54) is 34.9 Å². The van der Waals surface area contributed by atoms with Crippen molar-refractivity contribution in [3.05, 3.63) is 95.5 Å². The normalized spacial score (nSPS) is 11.4. The van der Waals surface area contributed by atoms with Crippen LogP contribution in [0.5, 0.6) is 11.5 Å². The van der Waals surface area contributed by atoms with Crippen LogP contribution in [0.3, 0.4) is 0 Å². The van der Waals surface area contributed by atoms with E-state index in [-0.39, 0.29) is 18.0 Å². The summed E-state index contributed by atoms with van der Waals surface area (Å²) in [4.78, 5) is 15.3. The maximum atomic E-state index is 13.7. The standard InChI is InChI=1S/C26H24N2O6S2/c1-33-22-9-11-24(12-10-22)36(31,32)28(17-20-3-2-4-23(15-20)34-18-25(29)30)16-19-5-7-21(8-6-19)26-27-13-14-35-26/h2-15H,16-18H2,1H3,(H,29,30). The van der Waals surface area contributed by atoms with Crippen LogP contribution in [0, 0.1) is 0 Å². The van der Waals surface area contributed by atoms with Crippen molar-refractivity contribution in [1.29, 1.82) is 0 Å². The lowest BCUT2D eigenvalue weighted by molar-refractivity contribution is -0.139. The van der Waals surface area contributed by atoms with Gasteiger partial charge in [-0.1, -0.05) is 36.4 Å². The number of ether oxygens (including phenoxy) is 2. The van der Waals surface area contributed by atoms with Crippen molar-refractivity contribution in [2.45, 2.75) is 18.0 Å². The number of nitrogens with zero attached hydrogens (tertiary/aromatic N) is 2. The lowest BCUT2D eigenvalue weighted by atomic mass is 10.1. The van der Waals surface area contributed by atoms with Crippen molar-refractivity contribution in [3.63, 3.8) is 0 Å². The second-order valence-electron chi connectivity index (χ2n) is 7.81. The molecule has 36 heavy (non-hydrogen) atoms. The summed E-state index contributed by atoms with van der Waals surface area (Å²) in [5.74, 6) is -0.184. The number of rotatable bonds is 11. The van der Waals surface area contributed by atoms with Gasteiger partial charge in [0.15, 0.2) is 6.61 Å². The highest BCUT2D eigenvalue weighted by atomic mass is 32.2. The molecule has 4 rings (SSSR count). The minimum Gasteiger partial charge on any atom is -0.497 e. The molecule has 0 bridgehead atoms. The Morgan fingerprint density at radius 2 is 1.69 bits per heavy atom. The zero-order chi connectivity index (χ0) is 25.5. The highest BCUT2D eigenvalue weighted by Gasteiger charge is 2.25. The van der Waals surface area contributed by atoms with E-state index in [1.54, 1.807) is 42.6 Å². The van der Waals surface area contributed by atoms with E-state index in [9.17, 15) is 13.2 Å². The molecule has 1 heterocycles. The van der Waals surface area contributed by atoms with Crippen molar-refractivity contribution in [1.82, 2.24) is 9.29 Å². The number of carboxylic acids is 1. The number of aromatic nitrogens is 1. The topological polar surface area (TPSA) is 106 Å². The zero-order valence-electron chi connectivity index (χ0n) is 19.4. The Hall–Kier alpha value is -3.73. The minimum atomic E-state index is -3.88. The summed E-state index contributed by atoms with van der Waals surface area (Å²) < 4.78 is 39.1. The summed E-state index contributed by atoms with van der Waals surface area (Å²) in [5, 5.41) is 11.7. The van der Waals surface area contributed by atoms with Gasteiger partial charge in [0.05, 0.1) is 12.0 Å². The molecular formula is C26H24N2O6S2. The molecule has 0 saturated carbocycles. The molecule has 1 N–H and O–H groups in total. The number of hydrogen-bond acceptors (Lipinski definition) is 7. The fourth-order valence-corrected chi connectivity index (χ4v) is 5.59. The number of aliphatic carboxylic acids is 1. The summed E-state index contributed by atoms with van der Waals surface area (Å²) in [5.41, 5.74) is 2.43. The van der Waals surface area contributed by atoms with Crippen LogP contribution in [0.1, 0.15) is 11.1 Å². The maximum Gasteiger partial charge on any atom is 0.341 e. The lowest BCUT2D eigenvalue weighted by Gasteiger charge is -2.23. The Morgan fingerprint density at radius 3 is 2.33 bits per heavy atom. The zero-order valence-corrected chi connectivity index (χ0v) is 21.0. The van der Waals surface area contributed by atoms with Crippen molar-refractivity contribution in [2.75, 3.05) is 13.7 Å². The van der Waals surface area contributed by atoms with Gasteiger partial charge in [-0.2, -0.15) is 4.31 Å². The van der Waals surface area contributed by atoms with E-state index in [2.05, 4.69) is 4.98 Å². The van der Waals surface area contributed by atoms with E-state index in [4.69, 9.17) is 14.6 Å². The molecule has 0 fully saturated rings. The molecule has 0 spiro atoms. The fraction of sp³-hybridized carbons (Fsp3) is 0.154. The van der Waals surface area contributed by atoms with E-state index in [0.717, 1.165) is 16.1 Å². The summed E-state index contributed by atoms with van der Waals surface area (Å²) in [7, 11) is -2.36. The van der Waals surface area contributed by atoms with Gasteiger partial charge in [0, 0.05) is 30.2 Å². The maximum absolute atomic E-state index is 13.7. The quantitative estimate of drug-likeness (QED) is 0.304. The average molecular weight is 525 g/mol. The molecule has 0 unspecified atom stereocenters. The third-order valence-corrected chi connectivity index (χ3v) is 7.94. The van der Waals surface area contributed by atoms with Crippen LogP contribution in [-0.2, 0) is 27.9 Å². The molecule has 0 aliphatic rings. The van der Waals surface area contributed by atoms with Crippen molar-refractivity contribution >= 4 is 27.3 Å². The van der Waals surface area contributed by atoms with Gasteiger partial charge in [0.1, 0.15) is 16.5 Å². The van der Waals surface area contributed by atoms with Gasteiger partial charge in [0.25, 0.3) is 0 Å². The van der Waals surface area contributed by atoms with Crippen LogP contribution in [-0.4, -0.2) is 42.5 Å². The molecule has 0 saturated heterocycles. The first-order chi connectivity index (χ1) is 17.3. The highest BCUT2D eigenvalue weighted by Crippen LogP contribution is 2.26. The molecule has 8 nitrogen and oxygen atoms in total. The van der Waals surface area contributed by atoms with Crippen LogP contribution in [0.25, 0.3) is 10.6 Å². The molecule has 4 aromatic rings. The number of thiazole rings is 1. The molecule has 0 aliphatic carbocycles. The molecular weight excluding hydrogens is 500 g/mol. The number of carbonyl (C=O) groups is 1. The fourth-order valence-electron chi connectivity index (χ4n) is 3.53.